The summed E-state index contributed by atoms with van der Waals surface area (Å²) in [7, 11) is 0. The first-order chi connectivity index (χ1) is 12.1. The quantitative estimate of drug-likeness (QED) is 0.748. The van der Waals surface area contributed by atoms with Gasteiger partial charge >= 0.3 is 5.97 Å². The first-order valence-electron chi connectivity index (χ1n) is 8.28. The van der Waals surface area contributed by atoms with Crippen molar-refractivity contribution in [1.82, 2.24) is 4.98 Å². The summed E-state index contributed by atoms with van der Waals surface area (Å²) in [5.41, 5.74) is 3.26. The summed E-state index contributed by atoms with van der Waals surface area (Å²) in [5.74, 6) is -0.730. The number of esters is 1. The molecule has 0 bridgehead atoms. The first-order valence-corrected chi connectivity index (χ1v) is 8.28. The predicted molar refractivity (Wildman–Crippen MR) is 95.7 cm³/mol. The van der Waals surface area contributed by atoms with Crippen molar-refractivity contribution in [2.45, 2.75) is 19.4 Å². The molecule has 0 radical (unpaired) electrons. The Morgan fingerprint density at radius 1 is 1.16 bits per heavy atom. The van der Waals surface area contributed by atoms with Crippen LogP contribution >= 0.6 is 0 Å². The van der Waals surface area contributed by atoms with E-state index in [9.17, 15) is 9.59 Å². The zero-order chi connectivity index (χ0) is 17.4. The van der Waals surface area contributed by atoms with Gasteiger partial charge in [-0.05, 0) is 37.1 Å². The van der Waals surface area contributed by atoms with E-state index in [1.54, 1.807) is 11.0 Å². The van der Waals surface area contributed by atoms with Crippen LogP contribution in [0.5, 0.6) is 0 Å². The number of para-hydroxylation sites is 2. The molecule has 0 saturated carbocycles. The van der Waals surface area contributed by atoms with Gasteiger partial charge in [0.05, 0.1) is 0 Å². The normalized spacial score (nSPS) is 16.0. The van der Waals surface area contributed by atoms with Crippen LogP contribution in [0, 0.1) is 0 Å². The molecule has 1 amide bonds. The number of ether oxygens (including phenoxy) is 1. The topological polar surface area (TPSA) is 62.4 Å². The minimum absolute atomic E-state index is 0.0664. The molecule has 1 atom stereocenters. The van der Waals surface area contributed by atoms with Gasteiger partial charge in [-0.3, -0.25) is 4.79 Å². The first kappa shape index (κ1) is 15.4. The number of carbonyl (C=O) groups is 2. The molecule has 4 rings (SSSR count). The molecular formula is C20H18N2O3. The van der Waals surface area contributed by atoms with Crippen molar-refractivity contribution in [2.24, 2.45) is 0 Å². The number of nitrogens with one attached hydrogen (secondary N) is 1. The zero-order valence-electron chi connectivity index (χ0n) is 13.9. The molecule has 1 aliphatic heterocycles. The number of nitrogens with zero attached hydrogens (tertiary/aromatic N) is 1. The van der Waals surface area contributed by atoms with E-state index in [-0.39, 0.29) is 18.6 Å². The van der Waals surface area contributed by atoms with E-state index in [1.807, 2.05) is 55.5 Å². The predicted octanol–water partition coefficient (Wildman–Crippen LogP) is 3.30. The SMILES string of the molecule is C[C@H]1Cc2ccccc2N1C(=O)COC(=O)c1cc2ccccc2[nH]1. The third kappa shape index (κ3) is 2.78. The van der Waals surface area contributed by atoms with Gasteiger partial charge in [-0.2, -0.15) is 0 Å². The van der Waals surface area contributed by atoms with Crippen molar-refractivity contribution in [3.05, 3.63) is 65.9 Å². The third-order valence-corrected chi connectivity index (χ3v) is 4.55. The van der Waals surface area contributed by atoms with Gasteiger partial charge in [0.2, 0.25) is 0 Å². The fourth-order valence-corrected chi connectivity index (χ4v) is 3.40. The number of hydrogen-bond donors (Lipinski definition) is 1. The summed E-state index contributed by atoms with van der Waals surface area (Å²) in [5, 5.41) is 0.933. The van der Waals surface area contributed by atoms with E-state index in [0.717, 1.165) is 28.6 Å². The summed E-state index contributed by atoms with van der Waals surface area (Å²) in [6, 6.07) is 17.2. The van der Waals surface area contributed by atoms with Gasteiger partial charge in [0.25, 0.3) is 5.91 Å². The summed E-state index contributed by atoms with van der Waals surface area (Å²) >= 11 is 0. The minimum Gasteiger partial charge on any atom is -0.451 e. The Balaban J connectivity index is 1.46. The Morgan fingerprint density at radius 3 is 2.76 bits per heavy atom. The molecule has 1 aromatic heterocycles. The molecule has 5 nitrogen and oxygen atoms in total. The number of anilines is 1. The van der Waals surface area contributed by atoms with Crippen LogP contribution in [0.1, 0.15) is 23.0 Å². The smallest absolute Gasteiger partial charge is 0.355 e. The monoisotopic (exact) mass is 334 g/mol. The summed E-state index contributed by atoms with van der Waals surface area (Å²) in [4.78, 5) is 29.5. The van der Waals surface area contributed by atoms with Gasteiger partial charge in [-0.15, -0.1) is 0 Å². The van der Waals surface area contributed by atoms with Crippen molar-refractivity contribution in [1.29, 1.82) is 0 Å². The van der Waals surface area contributed by atoms with Crippen LogP contribution < -0.4 is 4.90 Å². The highest BCUT2D eigenvalue weighted by molar-refractivity contribution is 6.00. The van der Waals surface area contributed by atoms with E-state index in [0.29, 0.717) is 5.69 Å². The van der Waals surface area contributed by atoms with Crippen LogP contribution in [0.3, 0.4) is 0 Å². The Morgan fingerprint density at radius 2 is 1.92 bits per heavy atom. The van der Waals surface area contributed by atoms with E-state index in [1.165, 1.54) is 0 Å². The molecule has 1 N–H and O–H groups in total. The molecule has 0 fully saturated rings. The second-order valence-electron chi connectivity index (χ2n) is 6.29. The molecule has 0 spiro atoms. The van der Waals surface area contributed by atoms with Gasteiger partial charge in [-0.25, -0.2) is 4.79 Å². The second kappa shape index (κ2) is 6.09. The number of aromatic amines is 1. The van der Waals surface area contributed by atoms with Gasteiger partial charge in [0, 0.05) is 22.6 Å². The standard InChI is InChI=1S/C20H18N2O3/c1-13-10-15-7-3-5-9-18(15)22(13)19(23)12-25-20(24)17-11-14-6-2-4-8-16(14)21-17/h2-9,11,13,21H,10,12H2,1H3/t13-/m0/s1. The number of rotatable bonds is 3. The number of benzene rings is 2. The van der Waals surface area contributed by atoms with Crippen LogP contribution in [0.2, 0.25) is 0 Å². The van der Waals surface area contributed by atoms with Crippen molar-refractivity contribution in [3.8, 4) is 0 Å². The van der Waals surface area contributed by atoms with Gasteiger partial charge < -0.3 is 14.6 Å². The number of fused-ring (bicyclic) bond motifs is 2. The maximum Gasteiger partial charge on any atom is 0.355 e. The van der Waals surface area contributed by atoms with E-state index < -0.39 is 5.97 Å². The van der Waals surface area contributed by atoms with E-state index in [4.69, 9.17) is 4.74 Å². The highest BCUT2D eigenvalue weighted by atomic mass is 16.5. The molecule has 25 heavy (non-hydrogen) atoms. The molecule has 1 aliphatic rings. The van der Waals surface area contributed by atoms with Crippen LogP contribution in [0.25, 0.3) is 10.9 Å². The van der Waals surface area contributed by atoms with E-state index in [2.05, 4.69) is 4.98 Å². The van der Waals surface area contributed by atoms with Gasteiger partial charge in [-0.1, -0.05) is 36.4 Å². The summed E-state index contributed by atoms with van der Waals surface area (Å²) in [6.07, 6.45) is 0.817. The molecule has 3 aromatic rings. The summed E-state index contributed by atoms with van der Waals surface area (Å²) < 4.78 is 5.23. The third-order valence-electron chi connectivity index (χ3n) is 4.55. The second-order valence-corrected chi connectivity index (χ2v) is 6.29. The number of carbonyl (C=O) groups excluding carboxylic acids is 2. The molecule has 0 saturated heterocycles. The lowest BCUT2D eigenvalue weighted by molar-refractivity contribution is -0.122. The zero-order valence-corrected chi connectivity index (χ0v) is 13.9. The lowest BCUT2D eigenvalue weighted by Gasteiger charge is -2.22. The molecule has 126 valence electrons. The highest BCUT2D eigenvalue weighted by Gasteiger charge is 2.31. The average Bonchev–Trinajstić information content (AvgIpc) is 3.19. The minimum atomic E-state index is -0.523. The molecule has 2 aromatic carbocycles. The molecule has 0 unspecified atom stereocenters. The van der Waals surface area contributed by atoms with Crippen LogP contribution in [0.4, 0.5) is 5.69 Å². The lowest BCUT2D eigenvalue weighted by atomic mass is 10.1. The van der Waals surface area contributed by atoms with Crippen LogP contribution in [-0.2, 0) is 16.0 Å². The Labute approximate surface area is 145 Å². The Kier molecular flexibility index (Phi) is 3.76. The summed E-state index contributed by atoms with van der Waals surface area (Å²) in [6.45, 7) is 1.73. The fourth-order valence-electron chi connectivity index (χ4n) is 3.40. The number of amides is 1. The van der Waals surface area contributed by atoms with Crippen molar-refractivity contribution in [2.75, 3.05) is 11.5 Å². The maximum absolute atomic E-state index is 12.6. The average molecular weight is 334 g/mol. The Bertz CT molecular complexity index is 927. The van der Waals surface area contributed by atoms with Gasteiger partial charge in [0.1, 0.15) is 5.69 Å². The molecular weight excluding hydrogens is 316 g/mol. The van der Waals surface area contributed by atoms with Crippen LogP contribution in [0.15, 0.2) is 54.6 Å². The molecule has 2 heterocycles. The fraction of sp³-hybridized carbons (Fsp3) is 0.200. The van der Waals surface area contributed by atoms with Crippen molar-refractivity contribution in [3.63, 3.8) is 0 Å². The lowest BCUT2D eigenvalue weighted by Crippen LogP contribution is -2.38. The maximum atomic E-state index is 12.6. The number of H-pyrrole nitrogens is 1. The van der Waals surface area contributed by atoms with Crippen LogP contribution in [-0.4, -0.2) is 29.5 Å². The Hall–Kier alpha value is -3.08. The van der Waals surface area contributed by atoms with Gasteiger partial charge in [0.15, 0.2) is 6.61 Å². The highest BCUT2D eigenvalue weighted by Crippen LogP contribution is 2.31. The van der Waals surface area contributed by atoms with Crippen molar-refractivity contribution < 1.29 is 14.3 Å². The molecule has 0 aliphatic carbocycles. The largest absolute Gasteiger partial charge is 0.451 e. The van der Waals surface area contributed by atoms with Crippen molar-refractivity contribution >= 4 is 28.5 Å². The number of hydrogen-bond acceptors (Lipinski definition) is 3. The molecule has 5 heteroatoms. The van der Waals surface area contributed by atoms with E-state index >= 15 is 0 Å². The number of aromatic nitrogens is 1.